The van der Waals surface area contributed by atoms with E-state index < -0.39 is 17.5 Å². The summed E-state index contributed by atoms with van der Waals surface area (Å²) in [5, 5.41) is 14.1. The van der Waals surface area contributed by atoms with Crippen LogP contribution in [-0.4, -0.2) is 37.0 Å². The van der Waals surface area contributed by atoms with E-state index in [-0.39, 0.29) is 17.1 Å². The second-order valence-corrected chi connectivity index (χ2v) is 8.55. The Morgan fingerprint density at radius 1 is 1.31 bits per heavy atom. The lowest BCUT2D eigenvalue weighted by molar-refractivity contribution is -0.908. The van der Waals surface area contributed by atoms with Gasteiger partial charge in [-0.2, -0.15) is 0 Å². The molecule has 0 radical (unpaired) electrons. The minimum Gasteiger partial charge on any atom is -0.859 e. The molecule has 2 aliphatic heterocycles. The maximum absolute atomic E-state index is 13.8. The first-order chi connectivity index (χ1) is 15.4. The molecule has 32 heavy (non-hydrogen) atoms. The molecule has 10 heteroatoms. The van der Waals surface area contributed by atoms with Gasteiger partial charge in [-0.05, 0) is 41.9 Å². The zero-order valence-electron chi connectivity index (χ0n) is 17.4. The van der Waals surface area contributed by atoms with Crippen LogP contribution in [0.1, 0.15) is 22.7 Å². The molecule has 2 aromatic carbocycles. The molecule has 0 aliphatic carbocycles. The lowest BCUT2D eigenvalue weighted by Gasteiger charge is -2.35. The predicted molar refractivity (Wildman–Crippen MR) is 118 cm³/mol. The fourth-order valence-corrected chi connectivity index (χ4v) is 5.05. The van der Waals surface area contributed by atoms with E-state index in [1.54, 1.807) is 24.3 Å². The molecular weight excluding hydrogens is 454 g/mol. The van der Waals surface area contributed by atoms with E-state index in [2.05, 4.69) is 4.98 Å². The molecule has 2 atom stereocenters. The highest BCUT2D eigenvalue weighted by atomic mass is 35.5. The van der Waals surface area contributed by atoms with Crippen LogP contribution in [0.4, 0.5) is 0 Å². The maximum Gasteiger partial charge on any atom is 0.260 e. The number of aromatic nitrogens is 2. The summed E-state index contributed by atoms with van der Waals surface area (Å²) in [7, 11) is 3.48. The number of rotatable bonds is 3. The zero-order valence-corrected chi connectivity index (χ0v) is 18.9. The third kappa shape index (κ3) is 3.08. The van der Waals surface area contributed by atoms with Gasteiger partial charge < -0.3 is 24.2 Å². The number of quaternary nitrogens is 1. The van der Waals surface area contributed by atoms with Gasteiger partial charge in [0.2, 0.25) is 12.5 Å². The molecule has 8 nitrogen and oxygen atoms in total. The van der Waals surface area contributed by atoms with Crippen LogP contribution >= 0.6 is 23.8 Å². The average molecular weight is 474 g/mol. The van der Waals surface area contributed by atoms with Crippen LogP contribution in [0, 0.1) is 4.77 Å². The first-order valence-corrected chi connectivity index (χ1v) is 10.8. The number of likely N-dealkylation sites (N-methyl/N-ethyl adjacent to an activating group) is 1. The van der Waals surface area contributed by atoms with Gasteiger partial charge in [0, 0.05) is 6.42 Å². The fraction of sp³-hybridized carbons (Fsp3) is 0.273. The SMILES string of the molecule is COc1c2c(cc3c1[C@H](c1c([O-])n(-c4ccccc4Cl)c(=S)[nH]c1=O)[NH+](C)CC3)OCO2. The Kier molecular flexibility index (Phi) is 5.11. The minimum atomic E-state index is -0.594. The predicted octanol–water partition coefficient (Wildman–Crippen LogP) is 1.52. The highest BCUT2D eigenvalue weighted by Gasteiger charge is 2.39. The Labute approximate surface area is 193 Å². The number of hydrogen-bond donors (Lipinski definition) is 2. The van der Waals surface area contributed by atoms with Gasteiger partial charge in [0.15, 0.2) is 16.3 Å². The molecule has 2 N–H and O–H groups in total. The van der Waals surface area contributed by atoms with Gasteiger partial charge in [-0.1, -0.05) is 23.7 Å². The van der Waals surface area contributed by atoms with Crippen molar-refractivity contribution in [2.45, 2.75) is 12.5 Å². The summed E-state index contributed by atoms with van der Waals surface area (Å²) in [5.41, 5.74) is 1.64. The van der Waals surface area contributed by atoms with Gasteiger partial charge >= 0.3 is 0 Å². The Morgan fingerprint density at radius 3 is 2.84 bits per heavy atom. The number of benzene rings is 2. The second-order valence-electron chi connectivity index (χ2n) is 7.76. The first-order valence-electron chi connectivity index (χ1n) is 10.0. The van der Waals surface area contributed by atoms with Crippen LogP contribution in [0.15, 0.2) is 35.1 Å². The van der Waals surface area contributed by atoms with Gasteiger partial charge in [0.25, 0.3) is 5.56 Å². The van der Waals surface area contributed by atoms with Crippen molar-refractivity contribution in [1.29, 1.82) is 0 Å². The van der Waals surface area contributed by atoms with Crippen molar-refractivity contribution in [2.75, 3.05) is 27.5 Å². The second kappa shape index (κ2) is 7.84. The molecular formula is C22H20ClN3O5S. The van der Waals surface area contributed by atoms with Gasteiger partial charge in [0.1, 0.15) is 6.04 Å². The van der Waals surface area contributed by atoms with Crippen LogP contribution < -0.4 is 29.8 Å². The van der Waals surface area contributed by atoms with E-state index in [1.165, 1.54) is 11.7 Å². The molecule has 0 amide bonds. The standard InChI is InChI=1S/C22H20ClN3O5S/c1-25-8-7-11-9-14-18(31-10-30-14)19(29-2)15(11)17(25)16-20(27)24-22(32)26(21(16)28)13-6-4-3-5-12(13)23/h3-6,9,17,28H,7-8,10H2,1-2H3,(H,24,27,32)/t17-/m1/s1. The summed E-state index contributed by atoms with van der Waals surface area (Å²) < 4.78 is 18.2. The van der Waals surface area contributed by atoms with Gasteiger partial charge in [-0.15, -0.1) is 0 Å². The van der Waals surface area contributed by atoms with Gasteiger partial charge in [0.05, 0.1) is 42.5 Å². The highest BCUT2D eigenvalue weighted by Crippen LogP contribution is 2.48. The fourth-order valence-electron chi connectivity index (χ4n) is 4.55. The van der Waals surface area contributed by atoms with Crippen molar-refractivity contribution >= 4 is 23.8 Å². The average Bonchev–Trinajstić information content (AvgIpc) is 3.23. The van der Waals surface area contributed by atoms with E-state index in [0.717, 1.165) is 22.4 Å². The summed E-state index contributed by atoms with van der Waals surface area (Å²) in [5.74, 6) is 1.05. The first kappa shape index (κ1) is 20.9. The van der Waals surface area contributed by atoms with Crippen molar-refractivity contribution in [3.05, 3.63) is 67.2 Å². The molecule has 0 spiro atoms. The number of ether oxygens (including phenoxy) is 3. The summed E-state index contributed by atoms with van der Waals surface area (Å²) in [4.78, 5) is 16.8. The Hall–Kier alpha value is -3.01. The number of hydrogen-bond acceptors (Lipinski definition) is 6. The largest absolute Gasteiger partial charge is 0.859 e. The molecule has 5 rings (SSSR count). The number of nitrogens with one attached hydrogen (secondary N) is 2. The number of nitrogens with zero attached hydrogens (tertiary/aromatic N) is 1. The van der Waals surface area contributed by atoms with E-state index >= 15 is 0 Å². The number of methoxy groups -OCH3 is 1. The summed E-state index contributed by atoms with van der Waals surface area (Å²) in [6.45, 7) is 0.799. The Morgan fingerprint density at radius 2 is 2.09 bits per heavy atom. The van der Waals surface area contributed by atoms with Gasteiger partial charge in [-0.25, -0.2) is 0 Å². The summed E-state index contributed by atoms with van der Waals surface area (Å²) in [6.07, 6.45) is 0.737. The van der Waals surface area contributed by atoms with Crippen LogP contribution in [0.3, 0.4) is 0 Å². The number of fused-ring (bicyclic) bond motifs is 2. The molecule has 3 heterocycles. The summed E-state index contributed by atoms with van der Waals surface area (Å²) in [6, 6.07) is 8.18. The molecule has 2 aliphatic rings. The summed E-state index contributed by atoms with van der Waals surface area (Å²) >= 11 is 11.7. The van der Waals surface area contributed by atoms with Crippen LogP contribution in [-0.2, 0) is 6.42 Å². The monoisotopic (exact) mass is 473 g/mol. The minimum absolute atomic E-state index is 0.0109. The highest BCUT2D eigenvalue weighted by molar-refractivity contribution is 7.71. The van der Waals surface area contributed by atoms with Gasteiger partial charge in [-0.3, -0.25) is 14.3 Å². The molecule has 0 saturated carbocycles. The normalized spacial score (nSPS) is 19.0. The number of aromatic amines is 1. The Balaban J connectivity index is 1.81. The van der Waals surface area contributed by atoms with Crippen molar-refractivity contribution in [1.82, 2.24) is 9.55 Å². The van der Waals surface area contributed by atoms with Crippen LogP contribution in [0.2, 0.25) is 5.02 Å². The molecule has 0 bridgehead atoms. The molecule has 0 fully saturated rings. The van der Waals surface area contributed by atoms with Crippen molar-refractivity contribution in [3.8, 4) is 28.8 Å². The molecule has 3 aromatic rings. The molecule has 166 valence electrons. The topological polar surface area (TPSA) is 93.0 Å². The van der Waals surface area contributed by atoms with Crippen LogP contribution in [0.5, 0.6) is 23.1 Å². The number of halogens is 1. The van der Waals surface area contributed by atoms with Crippen molar-refractivity contribution in [2.24, 2.45) is 0 Å². The van der Waals surface area contributed by atoms with E-state index in [4.69, 9.17) is 38.0 Å². The molecule has 0 saturated heterocycles. The maximum atomic E-state index is 13.8. The molecule has 1 unspecified atom stereocenters. The lowest BCUT2D eigenvalue weighted by Crippen LogP contribution is -3.10. The smallest absolute Gasteiger partial charge is 0.260 e. The third-order valence-electron chi connectivity index (χ3n) is 6.00. The molecule has 1 aromatic heterocycles. The quantitative estimate of drug-likeness (QED) is 0.560. The van der Waals surface area contributed by atoms with Crippen LogP contribution in [0.25, 0.3) is 5.69 Å². The number of H-pyrrole nitrogens is 1. The van der Waals surface area contributed by atoms with E-state index in [9.17, 15) is 9.90 Å². The van der Waals surface area contributed by atoms with Crippen molar-refractivity contribution < 1.29 is 24.2 Å². The third-order valence-corrected chi connectivity index (χ3v) is 6.61. The number of para-hydroxylation sites is 1. The van der Waals surface area contributed by atoms with Crippen molar-refractivity contribution in [3.63, 3.8) is 0 Å². The van der Waals surface area contributed by atoms with E-state index in [0.29, 0.717) is 34.5 Å². The van der Waals surface area contributed by atoms with E-state index in [1.807, 2.05) is 13.1 Å². The lowest BCUT2D eigenvalue weighted by atomic mass is 9.87. The zero-order chi connectivity index (χ0) is 22.6. The Bertz CT molecular complexity index is 1350.